The minimum absolute atomic E-state index is 0.0600. The first-order valence-corrected chi connectivity index (χ1v) is 10.5. The van der Waals surface area contributed by atoms with Gasteiger partial charge >= 0.3 is 36.0 Å². The number of primary amides is 3. The second kappa shape index (κ2) is 17.0. The SMILES string of the molecule is CCC(COC(=O)/C=C\C(=O)NC(N)=O)(COC(=O)/C=C\C(=O)NC(N)=O)COC(=O)/C=C\C(=O)NC(N)=O. The highest BCUT2D eigenvalue weighted by atomic mass is 16.6. The van der Waals surface area contributed by atoms with Crippen molar-refractivity contribution in [2.45, 2.75) is 13.3 Å². The van der Waals surface area contributed by atoms with E-state index in [4.69, 9.17) is 31.4 Å². The summed E-state index contributed by atoms with van der Waals surface area (Å²) >= 11 is 0. The first-order valence-electron chi connectivity index (χ1n) is 10.5. The summed E-state index contributed by atoms with van der Waals surface area (Å²) < 4.78 is 15.1. The van der Waals surface area contributed by atoms with Crippen molar-refractivity contribution < 1.29 is 57.4 Å². The Kier molecular flexibility index (Phi) is 14.6. The van der Waals surface area contributed by atoms with E-state index in [9.17, 15) is 43.2 Å². The van der Waals surface area contributed by atoms with Crippen molar-refractivity contribution in [3.63, 3.8) is 0 Å². The molecule has 0 aliphatic rings. The number of carbonyl (C=O) groups is 9. The zero-order valence-electron chi connectivity index (χ0n) is 20.4. The molecular weight excluding hydrogens is 528 g/mol. The van der Waals surface area contributed by atoms with Crippen LogP contribution in [0.15, 0.2) is 36.5 Å². The second-order valence-corrected chi connectivity index (χ2v) is 7.24. The summed E-state index contributed by atoms with van der Waals surface area (Å²) in [5.41, 5.74) is 12.9. The van der Waals surface area contributed by atoms with Crippen LogP contribution in [0, 0.1) is 5.41 Å². The Morgan fingerprint density at radius 1 is 0.538 bits per heavy atom. The number of esters is 3. The van der Waals surface area contributed by atoms with Gasteiger partial charge < -0.3 is 31.4 Å². The molecule has 0 radical (unpaired) electrons. The topological polar surface area (TPSA) is 295 Å². The van der Waals surface area contributed by atoms with Gasteiger partial charge in [-0.25, -0.2) is 28.8 Å². The number of hydrogen-bond donors (Lipinski definition) is 6. The van der Waals surface area contributed by atoms with Crippen LogP contribution in [0.4, 0.5) is 14.4 Å². The minimum atomic E-state index is -1.38. The van der Waals surface area contributed by atoms with Crippen LogP contribution in [-0.2, 0) is 43.0 Å². The van der Waals surface area contributed by atoms with Gasteiger partial charge in [0.15, 0.2) is 0 Å². The van der Waals surface area contributed by atoms with Gasteiger partial charge in [0, 0.05) is 36.5 Å². The number of hydrogen-bond acceptors (Lipinski definition) is 12. The van der Waals surface area contributed by atoms with Gasteiger partial charge in [0.1, 0.15) is 19.8 Å². The van der Waals surface area contributed by atoms with Crippen molar-refractivity contribution in [1.29, 1.82) is 0 Å². The van der Waals surface area contributed by atoms with Crippen molar-refractivity contribution >= 4 is 53.7 Å². The molecule has 0 rings (SSSR count). The first-order chi connectivity index (χ1) is 18.2. The van der Waals surface area contributed by atoms with Crippen LogP contribution in [0.2, 0.25) is 0 Å². The molecule has 9 N–H and O–H groups in total. The molecule has 0 saturated heterocycles. The quantitative estimate of drug-likeness (QED) is 0.0768. The maximum Gasteiger partial charge on any atom is 0.330 e. The van der Waals surface area contributed by atoms with Gasteiger partial charge in [-0.1, -0.05) is 6.92 Å². The molecule has 0 aliphatic carbocycles. The van der Waals surface area contributed by atoms with E-state index >= 15 is 0 Å². The number of amides is 9. The highest BCUT2D eigenvalue weighted by Gasteiger charge is 2.34. The Balaban J connectivity index is 5.46. The average molecular weight is 554 g/mol. The third-order valence-corrected chi connectivity index (χ3v) is 4.16. The molecule has 0 spiro atoms. The Morgan fingerprint density at radius 3 is 1.00 bits per heavy atom. The van der Waals surface area contributed by atoms with Crippen LogP contribution in [0.1, 0.15) is 13.3 Å². The molecule has 0 unspecified atom stereocenters. The summed E-state index contributed by atoms with van der Waals surface area (Å²) in [6.07, 6.45) is 4.02. The number of nitrogens with one attached hydrogen (secondary N) is 3. The molecule has 0 bridgehead atoms. The maximum atomic E-state index is 12.0. The van der Waals surface area contributed by atoms with Crippen LogP contribution < -0.4 is 33.2 Å². The van der Waals surface area contributed by atoms with Gasteiger partial charge in [0.25, 0.3) is 17.7 Å². The zero-order valence-corrected chi connectivity index (χ0v) is 20.4. The van der Waals surface area contributed by atoms with Crippen molar-refractivity contribution in [1.82, 2.24) is 16.0 Å². The monoisotopic (exact) mass is 554 g/mol. The maximum absolute atomic E-state index is 12.0. The molecule has 0 aromatic carbocycles. The number of nitrogens with two attached hydrogens (primary N) is 3. The summed E-state index contributed by atoms with van der Waals surface area (Å²) in [7, 11) is 0. The lowest BCUT2D eigenvalue weighted by molar-refractivity contribution is -0.156. The predicted octanol–water partition coefficient (Wildman–Crippen LogP) is -2.73. The van der Waals surface area contributed by atoms with E-state index in [0.29, 0.717) is 36.5 Å². The van der Waals surface area contributed by atoms with Gasteiger partial charge in [-0.15, -0.1) is 0 Å². The van der Waals surface area contributed by atoms with Crippen LogP contribution in [0.25, 0.3) is 0 Å². The van der Waals surface area contributed by atoms with Crippen molar-refractivity contribution in [2.75, 3.05) is 19.8 Å². The third kappa shape index (κ3) is 16.7. The van der Waals surface area contributed by atoms with E-state index in [-0.39, 0.29) is 6.42 Å². The minimum Gasteiger partial charge on any atom is -0.462 e. The van der Waals surface area contributed by atoms with Crippen molar-refractivity contribution in [3.8, 4) is 0 Å². The summed E-state index contributed by atoms with van der Waals surface area (Å²) in [4.78, 5) is 102. The molecule has 212 valence electrons. The highest BCUT2D eigenvalue weighted by molar-refractivity contribution is 6.03. The molecule has 9 amide bonds. The summed E-state index contributed by atoms with van der Waals surface area (Å²) in [6, 6.07) is -3.48. The Labute approximate surface area is 219 Å². The third-order valence-electron chi connectivity index (χ3n) is 4.16. The fourth-order valence-electron chi connectivity index (χ4n) is 2.17. The largest absolute Gasteiger partial charge is 0.462 e. The normalized spacial score (nSPS) is 11.0. The molecule has 39 heavy (non-hydrogen) atoms. The van der Waals surface area contributed by atoms with Gasteiger partial charge in [-0.2, -0.15) is 0 Å². The van der Waals surface area contributed by atoms with Gasteiger partial charge in [0.2, 0.25) is 0 Å². The predicted molar refractivity (Wildman–Crippen MR) is 126 cm³/mol. The van der Waals surface area contributed by atoms with Crippen LogP contribution in [0.5, 0.6) is 0 Å². The number of rotatable bonds is 13. The number of carbonyl (C=O) groups excluding carboxylic acids is 9. The van der Waals surface area contributed by atoms with Gasteiger partial charge in [-0.05, 0) is 6.42 Å². The fourth-order valence-corrected chi connectivity index (χ4v) is 2.17. The second-order valence-electron chi connectivity index (χ2n) is 7.24. The van der Waals surface area contributed by atoms with Crippen molar-refractivity contribution in [3.05, 3.63) is 36.5 Å². The Hall–Kier alpha value is -5.55. The zero-order chi connectivity index (χ0) is 30.0. The van der Waals surface area contributed by atoms with Crippen molar-refractivity contribution in [2.24, 2.45) is 22.6 Å². The number of imide groups is 3. The van der Waals surface area contributed by atoms with Crippen LogP contribution in [0.3, 0.4) is 0 Å². The lowest BCUT2D eigenvalue weighted by Crippen LogP contribution is -2.39. The average Bonchev–Trinajstić information content (AvgIpc) is 2.83. The lowest BCUT2D eigenvalue weighted by atomic mass is 9.88. The molecule has 18 heteroatoms. The van der Waals surface area contributed by atoms with E-state index in [1.165, 1.54) is 0 Å². The van der Waals surface area contributed by atoms with E-state index < -0.39 is 79.0 Å². The Morgan fingerprint density at radius 2 is 0.795 bits per heavy atom. The van der Waals surface area contributed by atoms with E-state index in [0.717, 1.165) is 0 Å². The number of urea groups is 3. The first kappa shape index (κ1) is 33.4. The Bertz CT molecular complexity index is 964. The molecule has 0 aromatic heterocycles. The van der Waals surface area contributed by atoms with Gasteiger partial charge in [0.05, 0.1) is 5.41 Å². The molecule has 0 saturated carbocycles. The van der Waals surface area contributed by atoms with E-state index in [2.05, 4.69) is 0 Å². The van der Waals surface area contributed by atoms with E-state index in [1.54, 1.807) is 22.9 Å². The van der Waals surface area contributed by atoms with Crippen LogP contribution in [-0.4, -0.2) is 73.5 Å². The molecule has 0 atom stereocenters. The molecule has 0 aliphatic heterocycles. The molecule has 0 fully saturated rings. The summed E-state index contributed by atoms with van der Waals surface area (Å²) in [5.74, 6) is -6.25. The molecule has 18 nitrogen and oxygen atoms in total. The summed E-state index contributed by atoms with van der Waals surface area (Å²) in [5, 5.41) is 5.03. The summed E-state index contributed by atoms with van der Waals surface area (Å²) in [6.45, 7) is -0.0643. The van der Waals surface area contributed by atoms with Gasteiger partial charge in [-0.3, -0.25) is 30.3 Å². The fraction of sp³-hybridized carbons (Fsp3) is 0.286. The standard InChI is InChI=1S/C21H26N6O12/c1-2-21(9-37-15(31)6-3-12(28)25-18(22)34,10-38-16(32)7-4-13(29)26-19(23)35)11-39-17(33)8-5-14(30)27-20(24)36/h3-8H,2,9-11H2,1H3,(H3,22,25,28,34)(H3,23,26,29,35)(H3,24,27,30,36)/b6-3-,7-4-,8-5-. The molecule has 0 heterocycles. The van der Waals surface area contributed by atoms with Crippen LogP contribution >= 0.6 is 0 Å². The smallest absolute Gasteiger partial charge is 0.330 e. The lowest BCUT2D eigenvalue weighted by Gasteiger charge is -2.30. The molecule has 0 aromatic rings. The highest BCUT2D eigenvalue weighted by Crippen LogP contribution is 2.24. The number of ether oxygens (including phenoxy) is 3. The molecular formula is C21H26N6O12. The van der Waals surface area contributed by atoms with E-state index in [1.807, 2.05) is 0 Å².